The zero-order valence-corrected chi connectivity index (χ0v) is 8.57. The molecule has 0 aliphatic heterocycles. The second kappa shape index (κ2) is 4.13. The molecule has 14 heavy (non-hydrogen) atoms. The molecule has 0 amide bonds. The van der Waals surface area contributed by atoms with Crippen LogP contribution in [0.15, 0.2) is 10.6 Å². The van der Waals surface area contributed by atoms with Gasteiger partial charge in [0.05, 0.1) is 12.8 Å². The normalized spacial score (nSPS) is 20.1. The second-order valence-electron chi connectivity index (χ2n) is 4.17. The molecule has 0 aromatic carbocycles. The highest BCUT2D eigenvalue weighted by Crippen LogP contribution is 2.34. The van der Waals surface area contributed by atoms with Gasteiger partial charge in [-0.05, 0) is 12.8 Å². The molecule has 0 radical (unpaired) electrons. The van der Waals surface area contributed by atoms with Gasteiger partial charge < -0.3 is 9.52 Å². The van der Waals surface area contributed by atoms with Gasteiger partial charge in [0, 0.05) is 11.8 Å². The van der Waals surface area contributed by atoms with Gasteiger partial charge in [0.2, 0.25) is 0 Å². The van der Waals surface area contributed by atoms with Crippen LogP contribution in [0.25, 0.3) is 0 Å². The van der Waals surface area contributed by atoms with Crippen molar-refractivity contribution in [3.05, 3.63) is 17.8 Å². The molecule has 1 saturated carbocycles. The summed E-state index contributed by atoms with van der Waals surface area (Å²) in [7, 11) is 0. The van der Waals surface area contributed by atoms with Crippen molar-refractivity contribution in [1.29, 1.82) is 0 Å². The third-order valence-electron chi connectivity index (χ3n) is 3.01. The Morgan fingerprint density at radius 1 is 1.57 bits per heavy atom. The first-order chi connectivity index (χ1) is 6.81. The summed E-state index contributed by atoms with van der Waals surface area (Å²) in [5, 5.41) is 8.98. The summed E-state index contributed by atoms with van der Waals surface area (Å²) in [4.78, 5) is 4.29. The predicted octanol–water partition coefficient (Wildman–Crippen LogP) is 2.43. The van der Waals surface area contributed by atoms with Crippen LogP contribution in [0.1, 0.15) is 56.1 Å². The maximum Gasteiger partial charge on any atom is 0.197 e. The summed E-state index contributed by atoms with van der Waals surface area (Å²) < 4.78 is 5.65. The zero-order chi connectivity index (χ0) is 9.97. The van der Waals surface area contributed by atoms with E-state index in [1.165, 1.54) is 25.7 Å². The Hall–Kier alpha value is -0.830. The van der Waals surface area contributed by atoms with E-state index in [-0.39, 0.29) is 12.5 Å². The van der Waals surface area contributed by atoms with Crippen LogP contribution in [-0.4, -0.2) is 16.7 Å². The molecule has 1 aromatic rings. The van der Waals surface area contributed by atoms with Crippen LogP contribution in [0.5, 0.6) is 0 Å². The molecule has 1 aliphatic carbocycles. The molecule has 1 unspecified atom stereocenters. The van der Waals surface area contributed by atoms with Crippen molar-refractivity contribution in [1.82, 2.24) is 4.98 Å². The average molecular weight is 195 g/mol. The van der Waals surface area contributed by atoms with Crippen molar-refractivity contribution in [2.24, 2.45) is 0 Å². The average Bonchev–Trinajstić information content (AvgIpc) is 2.86. The Bertz CT molecular complexity index is 289. The molecule has 1 fully saturated rings. The number of oxazole rings is 1. The summed E-state index contributed by atoms with van der Waals surface area (Å²) in [6.45, 7) is 2.07. The van der Waals surface area contributed by atoms with E-state index in [4.69, 9.17) is 9.52 Å². The first kappa shape index (κ1) is 9.71. The number of hydrogen-bond acceptors (Lipinski definition) is 3. The molecule has 1 heterocycles. The van der Waals surface area contributed by atoms with E-state index in [0.29, 0.717) is 5.92 Å². The number of hydrogen-bond donors (Lipinski definition) is 1. The smallest absolute Gasteiger partial charge is 0.197 e. The van der Waals surface area contributed by atoms with Gasteiger partial charge in [0.1, 0.15) is 5.76 Å². The van der Waals surface area contributed by atoms with E-state index in [1.54, 1.807) is 6.20 Å². The van der Waals surface area contributed by atoms with Gasteiger partial charge in [-0.3, -0.25) is 0 Å². The molecular formula is C11H17NO2. The van der Waals surface area contributed by atoms with Crippen molar-refractivity contribution in [2.75, 3.05) is 6.61 Å². The van der Waals surface area contributed by atoms with Crippen molar-refractivity contribution in [3.8, 4) is 0 Å². The quantitative estimate of drug-likeness (QED) is 0.805. The lowest BCUT2D eigenvalue weighted by molar-refractivity contribution is 0.254. The summed E-state index contributed by atoms with van der Waals surface area (Å²) in [5.74, 6) is 2.28. The van der Waals surface area contributed by atoms with Gasteiger partial charge in [-0.2, -0.15) is 0 Å². The number of nitrogens with zero attached hydrogens (tertiary/aromatic N) is 1. The molecule has 1 aromatic heterocycles. The number of aliphatic hydroxyl groups is 1. The Morgan fingerprint density at radius 2 is 2.29 bits per heavy atom. The summed E-state index contributed by atoms with van der Waals surface area (Å²) in [6, 6.07) is 0. The van der Waals surface area contributed by atoms with Crippen molar-refractivity contribution in [2.45, 2.75) is 44.4 Å². The van der Waals surface area contributed by atoms with Gasteiger partial charge in [-0.25, -0.2) is 4.98 Å². The zero-order valence-electron chi connectivity index (χ0n) is 8.57. The third-order valence-corrected chi connectivity index (χ3v) is 3.01. The summed E-state index contributed by atoms with van der Waals surface area (Å²) >= 11 is 0. The molecule has 0 spiro atoms. The molecule has 1 atom stereocenters. The molecule has 1 aliphatic rings. The van der Waals surface area contributed by atoms with Crippen molar-refractivity contribution < 1.29 is 9.52 Å². The lowest BCUT2D eigenvalue weighted by Crippen LogP contribution is -1.96. The number of rotatable bonds is 3. The largest absolute Gasteiger partial charge is 0.445 e. The Kier molecular flexibility index (Phi) is 2.87. The van der Waals surface area contributed by atoms with Crippen LogP contribution < -0.4 is 0 Å². The van der Waals surface area contributed by atoms with Crippen LogP contribution in [0.2, 0.25) is 0 Å². The molecule has 1 N–H and O–H groups in total. The lowest BCUT2D eigenvalue weighted by atomic mass is 10.1. The molecular weight excluding hydrogens is 178 g/mol. The van der Waals surface area contributed by atoms with Gasteiger partial charge in [-0.15, -0.1) is 0 Å². The second-order valence-corrected chi connectivity index (χ2v) is 4.17. The highest BCUT2D eigenvalue weighted by molar-refractivity contribution is 5.04. The van der Waals surface area contributed by atoms with E-state index < -0.39 is 0 Å². The van der Waals surface area contributed by atoms with Gasteiger partial charge in [0.25, 0.3) is 0 Å². The molecule has 3 nitrogen and oxygen atoms in total. The molecule has 0 bridgehead atoms. The van der Waals surface area contributed by atoms with E-state index in [0.717, 1.165) is 11.7 Å². The summed E-state index contributed by atoms with van der Waals surface area (Å²) in [6.07, 6.45) is 6.74. The fourth-order valence-corrected chi connectivity index (χ4v) is 1.98. The van der Waals surface area contributed by atoms with Crippen LogP contribution >= 0.6 is 0 Å². The minimum atomic E-state index is 0.0673. The Morgan fingerprint density at radius 3 is 2.93 bits per heavy atom. The number of aromatic nitrogens is 1. The van der Waals surface area contributed by atoms with Gasteiger partial charge in [0.15, 0.2) is 5.89 Å². The van der Waals surface area contributed by atoms with E-state index >= 15 is 0 Å². The third kappa shape index (κ3) is 1.82. The van der Waals surface area contributed by atoms with Crippen molar-refractivity contribution in [3.63, 3.8) is 0 Å². The fourth-order valence-electron chi connectivity index (χ4n) is 1.98. The molecule has 3 heteroatoms. The molecule has 78 valence electrons. The first-order valence-electron chi connectivity index (χ1n) is 5.37. The maximum atomic E-state index is 8.98. The first-order valence-corrected chi connectivity index (χ1v) is 5.37. The highest BCUT2D eigenvalue weighted by Gasteiger charge is 2.22. The lowest BCUT2D eigenvalue weighted by Gasteiger charge is -2.04. The van der Waals surface area contributed by atoms with E-state index in [1.807, 2.05) is 6.92 Å². The van der Waals surface area contributed by atoms with Crippen molar-refractivity contribution >= 4 is 0 Å². The molecule has 0 saturated heterocycles. The van der Waals surface area contributed by atoms with Gasteiger partial charge in [-0.1, -0.05) is 19.8 Å². The maximum absolute atomic E-state index is 8.98. The Labute approximate surface area is 84.2 Å². The highest BCUT2D eigenvalue weighted by atomic mass is 16.4. The minimum Gasteiger partial charge on any atom is -0.445 e. The van der Waals surface area contributed by atoms with E-state index in [2.05, 4.69) is 4.98 Å². The van der Waals surface area contributed by atoms with Crippen LogP contribution in [0, 0.1) is 0 Å². The van der Waals surface area contributed by atoms with E-state index in [9.17, 15) is 0 Å². The fraction of sp³-hybridized carbons (Fsp3) is 0.727. The molecule has 2 rings (SSSR count). The van der Waals surface area contributed by atoms with Gasteiger partial charge >= 0.3 is 0 Å². The number of aliphatic hydroxyl groups excluding tert-OH is 1. The monoisotopic (exact) mass is 195 g/mol. The minimum absolute atomic E-state index is 0.0673. The standard InChI is InChI=1S/C11H17NO2/c1-8(7-13)10-6-12-11(14-10)9-4-2-3-5-9/h6,8-9,13H,2-5,7H2,1H3. The predicted molar refractivity (Wildman–Crippen MR) is 53.2 cm³/mol. The van der Waals surface area contributed by atoms with Crippen LogP contribution in [0.4, 0.5) is 0 Å². The SMILES string of the molecule is CC(CO)c1cnc(C2CCCC2)o1. The Balaban J connectivity index is 2.08. The summed E-state index contributed by atoms with van der Waals surface area (Å²) in [5.41, 5.74) is 0. The van der Waals surface area contributed by atoms with Crippen LogP contribution in [0.3, 0.4) is 0 Å². The van der Waals surface area contributed by atoms with Crippen LogP contribution in [-0.2, 0) is 0 Å². The topological polar surface area (TPSA) is 46.3 Å².